The summed E-state index contributed by atoms with van der Waals surface area (Å²) in [4.78, 5) is 19.5. The number of ketones is 1. The molecule has 0 bridgehead atoms. The fourth-order valence-electron chi connectivity index (χ4n) is 4.15. The van der Waals surface area contributed by atoms with Crippen LogP contribution in [0.1, 0.15) is 58.7 Å². The van der Waals surface area contributed by atoms with Gasteiger partial charge in [0.15, 0.2) is 5.82 Å². The molecule has 0 unspecified atom stereocenters. The Kier molecular flexibility index (Phi) is 6.84. The van der Waals surface area contributed by atoms with E-state index in [-0.39, 0.29) is 29.5 Å². The zero-order valence-electron chi connectivity index (χ0n) is 17.8. The molecule has 1 aromatic carbocycles. The number of carbonyl (C=O) groups is 1. The smallest absolute Gasteiger partial charge is 0.218 e. The molecule has 2 heterocycles. The number of nitrogens with zero attached hydrogens (tertiary/aromatic N) is 3. The number of rotatable bonds is 7. The number of H-pyrrole nitrogens is 1. The fraction of sp³-hybridized carbons (Fsp3) is 0.435. The van der Waals surface area contributed by atoms with Crippen molar-refractivity contribution in [2.75, 3.05) is 26.3 Å². The van der Waals surface area contributed by atoms with Crippen LogP contribution in [0.25, 0.3) is 5.57 Å². The normalized spacial score (nSPS) is 17.5. The van der Waals surface area contributed by atoms with Gasteiger partial charge in [0.2, 0.25) is 15.8 Å². The van der Waals surface area contributed by atoms with Crippen LogP contribution in [0.3, 0.4) is 0 Å². The molecule has 1 saturated heterocycles. The van der Waals surface area contributed by atoms with Gasteiger partial charge in [-0.25, -0.2) is 13.4 Å². The van der Waals surface area contributed by atoms with Crippen LogP contribution in [0.5, 0.6) is 0 Å². The topological polar surface area (TPSA) is 116 Å². The predicted octanol–water partition coefficient (Wildman–Crippen LogP) is 2.83. The summed E-state index contributed by atoms with van der Waals surface area (Å²) in [5.74, 6) is -0.132. The molecule has 2 aromatic rings. The average molecular weight is 455 g/mol. The summed E-state index contributed by atoms with van der Waals surface area (Å²) in [5.41, 5.74) is 3.87. The molecule has 32 heavy (non-hydrogen) atoms. The van der Waals surface area contributed by atoms with Gasteiger partial charge in [-0.05, 0) is 47.9 Å². The molecule has 0 spiro atoms. The van der Waals surface area contributed by atoms with Gasteiger partial charge in [-0.1, -0.05) is 24.3 Å². The number of aromatic amines is 1. The van der Waals surface area contributed by atoms with Crippen molar-refractivity contribution in [1.82, 2.24) is 14.3 Å². The Balaban J connectivity index is 1.61. The first-order valence-electron chi connectivity index (χ1n) is 10.8. The lowest BCUT2D eigenvalue weighted by Crippen LogP contribution is -2.41. The van der Waals surface area contributed by atoms with E-state index in [0.717, 1.165) is 42.4 Å². The minimum Gasteiger partial charge on any atom is -0.379 e. The number of nitriles is 1. The summed E-state index contributed by atoms with van der Waals surface area (Å²) in [6.07, 6.45) is 7.74. The minimum atomic E-state index is -3.44. The molecular formula is C23H26N4O4S. The number of Topliss-reactive ketones (excluding diaryl/α,β-unsaturated/α-hetero) is 1. The molecule has 9 heteroatoms. The molecule has 0 radical (unpaired) electrons. The lowest BCUT2D eigenvalue weighted by molar-refractivity contribution is 0.0729. The lowest BCUT2D eigenvalue weighted by atomic mass is 9.88. The van der Waals surface area contributed by atoms with Gasteiger partial charge in [-0.15, -0.1) is 0 Å². The van der Waals surface area contributed by atoms with Crippen molar-refractivity contribution in [3.63, 3.8) is 0 Å². The minimum absolute atomic E-state index is 0.0782. The zero-order chi connectivity index (χ0) is 22.6. The van der Waals surface area contributed by atoms with Crippen molar-refractivity contribution < 1.29 is 17.9 Å². The molecule has 4 rings (SSSR count). The van der Waals surface area contributed by atoms with Crippen molar-refractivity contribution in [2.45, 2.75) is 37.9 Å². The Bertz CT molecular complexity index is 1170. The van der Waals surface area contributed by atoms with Gasteiger partial charge in [0.05, 0.1) is 25.2 Å². The first-order valence-corrected chi connectivity index (χ1v) is 12.4. The molecule has 1 aliphatic heterocycles. The molecule has 0 atom stereocenters. The summed E-state index contributed by atoms with van der Waals surface area (Å²) in [6, 6.07) is 7.49. The highest BCUT2D eigenvalue weighted by Crippen LogP contribution is 2.31. The SMILES string of the molecule is N#Cc1cnc(C(=O)Cc2ccc(CS(=O)(=O)N3CCOCC3)cc2C2=CCCCC2)[nH]1. The van der Waals surface area contributed by atoms with Crippen LogP contribution >= 0.6 is 0 Å². The number of allylic oxidation sites excluding steroid dienone is 2. The van der Waals surface area contributed by atoms with Crippen LogP contribution in [0.4, 0.5) is 0 Å². The molecule has 1 fully saturated rings. The number of hydrogen-bond acceptors (Lipinski definition) is 6. The zero-order valence-corrected chi connectivity index (χ0v) is 18.7. The van der Waals surface area contributed by atoms with Crippen molar-refractivity contribution in [3.8, 4) is 6.07 Å². The number of carbonyl (C=O) groups excluding carboxylic acids is 1. The van der Waals surface area contributed by atoms with E-state index in [2.05, 4.69) is 16.0 Å². The maximum absolute atomic E-state index is 12.9. The number of nitrogens with one attached hydrogen (secondary N) is 1. The number of aromatic nitrogens is 2. The summed E-state index contributed by atoms with van der Waals surface area (Å²) in [6.45, 7) is 1.58. The van der Waals surface area contributed by atoms with Crippen LogP contribution in [0, 0.1) is 11.3 Å². The number of imidazole rings is 1. The standard InChI is InChI=1S/C23H26N4O4S/c24-14-20-15-25-23(26-20)22(28)13-19-7-6-17(12-21(19)18-4-2-1-3-5-18)16-32(29,30)27-8-10-31-11-9-27/h4,6-7,12,15H,1-3,5,8-11,13,16H2,(H,25,26). The van der Waals surface area contributed by atoms with Gasteiger partial charge >= 0.3 is 0 Å². The Morgan fingerprint density at radius 3 is 2.75 bits per heavy atom. The largest absolute Gasteiger partial charge is 0.379 e. The molecular weight excluding hydrogens is 428 g/mol. The molecule has 8 nitrogen and oxygen atoms in total. The number of benzene rings is 1. The van der Waals surface area contributed by atoms with Crippen LogP contribution < -0.4 is 0 Å². The second-order valence-electron chi connectivity index (χ2n) is 8.09. The van der Waals surface area contributed by atoms with Crippen LogP contribution in [-0.2, 0) is 26.9 Å². The molecule has 0 amide bonds. The highest BCUT2D eigenvalue weighted by atomic mass is 32.2. The number of morpholine rings is 1. The summed E-state index contributed by atoms with van der Waals surface area (Å²) in [7, 11) is -3.44. The van der Waals surface area contributed by atoms with Gasteiger partial charge in [0, 0.05) is 19.5 Å². The highest BCUT2D eigenvalue weighted by Gasteiger charge is 2.25. The molecule has 2 aliphatic rings. The molecule has 0 saturated carbocycles. The maximum Gasteiger partial charge on any atom is 0.218 e. The van der Waals surface area contributed by atoms with Gasteiger partial charge < -0.3 is 9.72 Å². The number of ether oxygens (including phenoxy) is 1. The average Bonchev–Trinajstić information content (AvgIpc) is 3.31. The van der Waals surface area contributed by atoms with E-state index in [4.69, 9.17) is 10.00 Å². The van der Waals surface area contributed by atoms with E-state index in [1.54, 1.807) is 6.07 Å². The molecule has 1 aromatic heterocycles. The van der Waals surface area contributed by atoms with E-state index in [0.29, 0.717) is 31.9 Å². The Morgan fingerprint density at radius 2 is 2.06 bits per heavy atom. The van der Waals surface area contributed by atoms with Crippen LogP contribution in [0.2, 0.25) is 0 Å². The van der Waals surface area contributed by atoms with E-state index < -0.39 is 10.0 Å². The van der Waals surface area contributed by atoms with E-state index >= 15 is 0 Å². The Morgan fingerprint density at radius 1 is 1.25 bits per heavy atom. The van der Waals surface area contributed by atoms with Crippen molar-refractivity contribution >= 4 is 21.4 Å². The maximum atomic E-state index is 12.9. The quantitative estimate of drug-likeness (QED) is 0.643. The second kappa shape index (κ2) is 9.77. The molecule has 1 aliphatic carbocycles. The third-order valence-corrected chi connectivity index (χ3v) is 7.69. The summed E-state index contributed by atoms with van der Waals surface area (Å²) < 4.78 is 32.5. The van der Waals surface area contributed by atoms with Crippen molar-refractivity contribution in [3.05, 3.63) is 58.7 Å². The highest BCUT2D eigenvalue weighted by molar-refractivity contribution is 7.88. The van der Waals surface area contributed by atoms with Crippen molar-refractivity contribution in [2.24, 2.45) is 0 Å². The number of hydrogen-bond donors (Lipinski definition) is 1. The van der Waals surface area contributed by atoms with Gasteiger partial charge in [-0.3, -0.25) is 4.79 Å². The molecule has 168 valence electrons. The Hall–Kier alpha value is -2.80. The predicted molar refractivity (Wildman–Crippen MR) is 119 cm³/mol. The summed E-state index contributed by atoms with van der Waals surface area (Å²) >= 11 is 0. The second-order valence-corrected chi connectivity index (χ2v) is 10.1. The van der Waals surface area contributed by atoms with Crippen LogP contribution in [0.15, 0.2) is 30.5 Å². The van der Waals surface area contributed by atoms with E-state index in [9.17, 15) is 13.2 Å². The first-order chi connectivity index (χ1) is 15.5. The van der Waals surface area contributed by atoms with E-state index in [1.807, 2.05) is 18.2 Å². The van der Waals surface area contributed by atoms with Gasteiger partial charge in [-0.2, -0.15) is 9.57 Å². The van der Waals surface area contributed by atoms with E-state index in [1.165, 1.54) is 10.5 Å². The summed E-state index contributed by atoms with van der Waals surface area (Å²) in [5, 5.41) is 8.95. The number of sulfonamides is 1. The monoisotopic (exact) mass is 454 g/mol. The lowest BCUT2D eigenvalue weighted by Gasteiger charge is -2.26. The molecule has 1 N–H and O–H groups in total. The Labute approximate surface area is 188 Å². The van der Waals surface area contributed by atoms with Gasteiger partial charge in [0.25, 0.3) is 0 Å². The van der Waals surface area contributed by atoms with Crippen molar-refractivity contribution in [1.29, 1.82) is 5.26 Å². The fourth-order valence-corrected chi connectivity index (χ4v) is 5.64. The first kappa shape index (κ1) is 22.4. The van der Waals surface area contributed by atoms with Gasteiger partial charge in [0.1, 0.15) is 11.8 Å². The van der Waals surface area contributed by atoms with Crippen LogP contribution in [-0.4, -0.2) is 54.8 Å². The third-order valence-electron chi connectivity index (χ3n) is 5.84. The third kappa shape index (κ3) is 5.15.